The lowest BCUT2D eigenvalue weighted by atomic mass is 10.1. The number of hydrogen-bond acceptors (Lipinski definition) is 4. The lowest BCUT2D eigenvalue weighted by molar-refractivity contribution is 0.239. The van der Waals surface area contributed by atoms with Crippen LogP contribution in [0.3, 0.4) is 0 Å². The van der Waals surface area contributed by atoms with Gasteiger partial charge in [-0.3, -0.25) is 0 Å². The molecule has 2 rings (SSSR count). The van der Waals surface area contributed by atoms with Crippen LogP contribution in [-0.4, -0.2) is 34.6 Å². The summed E-state index contributed by atoms with van der Waals surface area (Å²) in [7, 11) is 0. The van der Waals surface area contributed by atoms with Crippen molar-refractivity contribution < 1.29 is 4.79 Å². The number of carbonyl (C=O) groups is 1. The molecule has 4 nitrogen and oxygen atoms in total. The van der Waals surface area contributed by atoms with Gasteiger partial charge < -0.3 is 10.6 Å². The molecule has 0 spiro atoms. The van der Waals surface area contributed by atoms with E-state index in [2.05, 4.69) is 27.9 Å². The SMILES string of the molecule is Cc1csc(CCCNC(=O)NC[C@@]2(C)CCCS2)n1. The number of urea groups is 1. The number of nitrogens with zero attached hydrogens (tertiary/aromatic N) is 1. The first-order valence-electron chi connectivity index (χ1n) is 7.14. The fourth-order valence-corrected chi connectivity index (χ4v) is 4.33. The molecule has 1 aliphatic heterocycles. The van der Waals surface area contributed by atoms with Crippen LogP contribution in [0.15, 0.2) is 5.38 Å². The molecule has 1 fully saturated rings. The summed E-state index contributed by atoms with van der Waals surface area (Å²) < 4.78 is 0.232. The van der Waals surface area contributed by atoms with Crippen molar-refractivity contribution in [1.82, 2.24) is 15.6 Å². The molecule has 1 aromatic heterocycles. The summed E-state index contributed by atoms with van der Waals surface area (Å²) in [4.78, 5) is 16.1. The highest BCUT2D eigenvalue weighted by molar-refractivity contribution is 8.00. The van der Waals surface area contributed by atoms with Crippen molar-refractivity contribution in [1.29, 1.82) is 0 Å². The van der Waals surface area contributed by atoms with Gasteiger partial charge in [0.25, 0.3) is 0 Å². The molecule has 1 aromatic rings. The van der Waals surface area contributed by atoms with Crippen LogP contribution < -0.4 is 10.6 Å². The van der Waals surface area contributed by atoms with Crippen LogP contribution >= 0.6 is 23.1 Å². The number of rotatable bonds is 6. The number of aromatic nitrogens is 1. The van der Waals surface area contributed by atoms with Crippen molar-refractivity contribution in [3.05, 3.63) is 16.1 Å². The van der Waals surface area contributed by atoms with Crippen molar-refractivity contribution in [3.8, 4) is 0 Å². The maximum atomic E-state index is 11.7. The van der Waals surface area contributed by atoms with Crippen molar-refractivity contribution in [2.75, 3.05) is 18.8 Å². The molecule has 0 radical (unpaired) electrons. The second kappa shape index (κ2) is 7.31. The first kappa shape index (κ1) is 15.6. The smallest absolute Gasteiger partial charge is 0.314 e. The van der Waals surface area contributed by atoms with Crippen LogP contribution in [-0.2, 0) is 6.42 Å². The van der Waals surface area contributed by atoms with E-state index in [0.29, 0.717) is 6.54 Å². The standard InChI is InChI=1S/C14H23N3OS2/c1-11-9-19-12(17-11)5-3-7-15-13(18)16-10-14(2)6-4-8-20-14/h9H,3-8,10H2,1-2H3,(H2,15,16,18)/t14-/m1/s1. The summed E-state index contributed by atoms with van der Waals surface area (Å²) in [5.41, 5.74) is 1.08. The van der Waals surface area contributed by atoms with Crippen molar-refractivity contribution in [2.45, 2.75) is 44.3 Å². The molecule has 112 valence electrons. The molecule has 1 saturated heterocycles. The third-order valence-corrected chi connectivity index (χ3v) is 6.01. The van der Waals surface area contributed by atoms with Crippen LogP contribution in [0.25, 0.3) is 0 Å². The summed E-state index contributed by atoms with van der Waals surface area (Å²) >= 11 is 3.66. The molecule has 0 saturated carbocycles. The molecule has 6 heteroatoms. The van der Waals surface area contributed by atoms with E-state index in [4.69, 9.17) is 0 Å². The minimum Gasteiger partial charge on any atom is -0.338 e. The molecule has 2 heterocycles. The molecule has 0 aliphatic carbocycles. The first-order valence-corrected chi connectivity index (χ1v) is 9.01. The highest BCUT2D eigenvalue weighted by Gasteiger charge is 2.29. The van der Waals surface area contributed by atoms with Crippen LogP contribution in [0.1, 0.15) is 36.9 Å². The predicted octanol–water partition coefficient (Wildman–Crippen LogP) is 2.97. The highest BCUT2D eigenvalue weighted by Crippen LogP contribution is 2.36. The van der Waals surface area contributed by atoms with Crippen LogP contribution in [0.5, 0.6) is 0 Å². The fraction of sp³-hybridized carbons (Fsp3) is 0.714. The van der Waals surface area contributed by atoms with E-state index in [1.54, 1.807) is 11.3 Å². The number of thioether (sulfide) groups is 1. The largest absolute Gasteiger partial charge is 0.338 e. The number of hydrogen-bond donors (Lipinski definition) is 2. The molecule has 2 N–H and O–H groups in total. The van der Waals surface area contributed by atoms with Crippen molar-refractivity contribution >= 4 is 29.1 Å². The third kappa shape index (κ3) is 4.98. The lowest BCUT2D eigenvalue weighted by Gasteiger charge is -2.22. The molecule has 20 heavy (non-hydrogen) atoms. The Bertz CT molecular complexity index is 441. The van der Waals surface area contributed by atoms with Gasteiger partial charge in [-0.25, -0.2) is 9.78 Å². The van der Waals surface area contributed by atoms with Crippen LogP contribution in [0, 0.1) is 6.92 Å². The maximum absolute atomic E-state index is 11.7. The monoisotopic (exact) mass is 313 g/mol. The van der Waals surface area contributed by atoms with Crippen molar-refractivity contribution in [3.63, 3.8) is 0 Å². The maximum Gasteiger partial charge on any atom is 0.314 e. The second-order valence-electron chi connectivity index (χ2n) is 5.50. The lowest BCUT2D eigenvalue weighted by Crippen LogP contribution is -2.42. The van der Waals surface area contributed by atoms with Crippen molar-refractivity contribution in [2.24, 2.45) is 0 Å². The van der Waals surface area contributed by atoms with Gasteiger partial charge in [-0.2, -0.15) is 11.8 Å². The minimum absolute atomic E-state index is 0.0472. The summed E-state index contributed by atoms with van der Waals surface area (Å²) in [5, 5.41) is 9.12. The van der Waals surface area contributed by atoms with Gasteiger partial charge >= 0.3 is 6.03 Å². The Kier molecular flexibility index (Phi) is 5.72. The van der Waals surface area contributed by atoms with E-state index in [-0.39, 0.29) is 10.8 Å². The Morgan fingerprint density at radius 1 is 1.50 bits per heavy atom. The topological polar surface area (TPSA) is 54.0 Å². The second-order valence-corrected chi connectivity index (χ2v) is 8.12. The Morgan fingerprint density at radius 2 is 2.35 bits per heavy atom. The average Bonchev–Trinajstić information content (AvgIpc) is 3.02. The van der Waals surface area contributed by atoms with E-state index < -0.39 is 0 Å². The Labute approximate surface area is 129 Å². The Hall–Kier alpha value is -0.750. The average molecular weight is 313 g/mol. The summed E-state index contributed by atoms with van der Waals surface area (Å²) in [6, 6.07) is -0.0472. The highest BCUT2D eigenvalue weighted by atomic mass is 32.2. The van der Waals surface area contributed by atoms with Gasteiger partial charge in [-0.1, -0.05) is 0 Å². The van der Waals surface area contributed by atoms with Gasteiger partial charge in [0.05, 0.1) is 5.01 Å². The molecule has 1 aliphatic rings. The zero-order chi connectivity index (χ0) is 14.4. The molecular formula is C14H23N3OS2. The summed E-state index contributed by atoms with van der Waals surface area (Å²) in [5.74, 6) is 1.22. The number of carbonyl (C=O) groups excluding carboxylic acids is 1. The van der Waals surface area contributed by atoms with E-state index in [1.807, 2.05) is 18.7 Å². The van der Waals surface area contributed by atoms with Gasteiger partial charge in [0.2, 0.25) is 0 Å². The van der Waals surface area contributed by atoms with Gasteiger partial charge in [0.15, 0.2) is 0 Å². The van der Waals surface area contributed by atoms with Gasteiger partial charge in [-0.05, 0) is 38.9 Å². The minimum atomic E-state index is -0.0472. The predicted molar refractivity (Wildman–Crippen MR) is 86.7 cm³/mol. The molecule has 0 bridgehead atoms. The van der Waals surface area contributed by atoms with E-state index >= 15 is 0 Å². The van der Waals surface area contributed by atoms with E-state index in [1.165, 1.54) is 18.6 Å². The normalized spacial score (nSPS) is 21.9. The van der Waals surface area contributed by atoms with E-state index in [0.717, 1.165) is 30.1 Å². The van der Waals surface area contributed by atoms with Crippen LogP contribution in [0.4, 0.5) is 4.79 Å². The number of aryl methyl sites for hydroxylation is 2. The zero-order valence-electron chi connectivity index (χ0n) is 12.2. The Balaban J connectivity index is 1.56. The molecule has 1 atom stereocenters. The molecule has 0 aromatic carbocycles. The molecular weight excluding hydrogens is 290 g/mol. The third-order valence-electron chi connectivity index (χ3n) is 3.44. The number of nitrogens with one attached hydrogen (secondary N) is 2. The van der Waals surface area contributed by atoms with E-state index in [9.17, 15) is 4.79 Å². The Morgan fingerprint density at radius 3 is 3.00 bits per heavy atom. The molecule has 0 unspecified atom stereocenters. The number of amides is 2. The van der Waals surface area contributed by atoms with Gasteiger partial charge in [0.1, 0.15) is 0 Å². The quantitative estimate of drug-likeness (QED) is 0.794. The molecule has 2 amide bonds. The van der Waals surface area contributed by atoms with Crippen LogP contribution in [0.2, 0.25) is 0 Å². The first-order chi connectivity index (χ1) is 9.57. The zero-order valence-corrected chi connectivity index (χ0v) is 13.8. The van der Waals surface area contributed by atoms with Gasteiger partial charge in [0, 0.05) is 35.3 Å². The summed E-state index contributed by atoms with van der Waals surface area (Å²) in [6.45, 7) is 5.70. The number of thiazole rings is 1. The fourth-order valence-electron chi connectivity index (χ4n) is 2.27. The van der Waals surface area contributed by atoms with Gasteiger partial charge in [-0.15, -0.1) is 11.3 Å². The summed E-state index contributed by atoms with van der Waals surface area (Å²) in [6.07, 6.45) is 4.33.